The normalized spacial score (nSPS) is 11.1. The smallest absolute Gasteiger partial charge is 0.387 e. The number of likely N-dealkylation sites (N-methyl/N-ethyl adjacent to an activating group) is 1. The fraction of sp³-hybridized carbons (Fsp3) is 0.217. The zero-order chi connectivity index (χ0) is 22.2. The third kappa shape index (κ3) is 5.48. The summed E-state index contributed by atoms with van der Waals surface area (Å²) < 4.78 is 34.2. The van der Waals surface area contributed by atoms with Gasteiger partial charge < -0.3 is 19.2 Å². The van der Waals surface area contributed by atoms with Gasteiger partial charge in [0.25, 0.3) is 5.91 Å². The number of ether oxygens (including phenoxy) is 2. The first kappa shape index (κ1) is 22.0. The second kappa shape index (κ2) is 10.4. The van der Waals surface area contributed by atoms with Crippen molar-refractivity contribution in [2.45, 2.75) is 13.5 Å². The van der Waals surface area contributed by atoms with Gasteiger partial charge in [0.05, 0.1) is 19.0 Å². The van der Waals surface area contributed by atoms with Crippen LogP contribution in [0.5, 0.6) is 11.5 Å². The van der Waals surface area contributed by atoms with Crippen LogP contribution in [0.2, 0.25) is 0 Å². The Kier molecular flexibility index (Phi) is 7.37. The lowest BCUT2D eigenvalue weighted by Gasteiger charge is -2.22. The molecule has 0 spiro atoms. The van der Waals surface area contributed by atoms with Gasteiger partial charge in [0.2, 0.25) is 0 Å². The average molecular weight is 428 g/mol. The largest absolute Gasteiger partial charge is 0.493 e. The van der Waals surface area contributed by atoms with Crippen LogP contribution in [0.15, 0.2) is 65.8 Å². The molecule has 0 saturated carbocycles. The first-order valence-corrected chi connectivity index (χ1v) is 9.59. The molecule has 0 fully saturated rings. The summed E-state index contributed by atoms with van der Waals surface area (Å²) in [6, 6.07) is 18.0. The van der Waals surface area contributed by atoms with Crippen molar-refractivity contribution in [1.82, 2.24) is 0 Å². The van der Waals surface area contributed by atoms with Gasteiger partial charge in [-0.3, -0.25) is 4.79 Å². The highest BCUT2D eigenvalue weighted by Crippen LogP contribution is 2.29. The maximum atomic E-state index is 12.7. The number of alkyl halides is 2. The number of oxime groups is 1. The van der Waals surface area contributed by atoms with Crippen LogP contribution in [0.3, 0.4) is 0 Å². The Morgan fingerprint density at radius 1 is 1.10 bits per heavy atom. The molecule has 162 valence electrons. The summed E-state index contributed by atoms with van der Waals surface area (Å²) in [6.07, 6.45) is 1.36. The molecular weight excluding hydrogens is 406 g/mol. The zero-order valence-corrected chi connectivity index (χ0v) is 17.1. The van der Waals surface area contributed by atoms with Gasteiger partial charge in [0, 0.05) is 17.5 Å². The van der Waals surface area contributed by atoms with Crippen molar-refractivity contribution in [2.24, 2.45) is 5.16 Å². The van der Waals surface area contributed by atoms with Gasteiger partial charge >= 0.3 is 6.61 Å². The summed E-state index contributed by atoms with van der Waals surface area (Å²) in [7, 11) is 1.34. The van der Waals surface area contributed by atoms with E-state index in [1.807, 2.05) is 49.4 Å². The van der Waals surface area contributed by atoms with E-state index in [1.165, 1.54) is 31.5 Å². The van der Waals surface area contributed by atoms with Crippen molar-refractivity contribution in [3.8, 4) is 11.5 Å². The number of hydrogen-bond donors (Lipinski definition) is 0. The fourth-order valence-corrected chi connectivity index (χ4v) is 3.15. The number of carbonyl (C=O) groups excluding carboxylic acids is 1. The lowest BCUT2D eigenvalue weighted by molar-refractivity contribution is -0.123. The van der Waals surface area contributed by atoms with E-state index in [0.717, 1.165) is 16.5 Å². The maximum Gasteiger partial charge on any atom is 0.387 e. The molecule has 31 heavy (non-hydrogen) atoms. The van der Waals surface area contributed by atoms with Gasteiger partial charge in [-0.05, 0) is 36.6 Å². The highest BCUT2D eigenvalue weighted by Gasteiger charge is 2.16. The van der Waals surface area contributed by atoms with E-state index in [2.05, 4.69) is 9.89 Å². The SMILES string of the molecule is CCN(C(=O)CO/N=C/c1ccc(OC(F)F)c(OC)c1)c1cccc2ccccc12. The van der Waals surface area contributed by atoms with Crippen molar-refractivity contribution in [2.75, 3.05) is 25.2 Å². The molecule has 0 aliphatic carbocycles. The van der Waals surface area contributed by atoms with Gasteiger partial charge in [-0.15, -0.1) is 0 Å². The third-order valence-corrected chi connectivity index (χ3v) is 4.54. The minimum Gasteiger partial charge on any atom is -0.493 e. The molecule has 0 aliphatic rings. The van der Waals surface area contributed by atoms with Gasteiger partial charge in [0.1, 0.15) is 0 Å². The summed E-state index contributed by atoms with van der Waals surface area (Å²) in [5.74, 6) is -0.192. The van der Waals surface area contributed by atoms with Crippen LogP contribution in [0.25, 0.3) is 10.8 Å². The Labute approximate surface area is 178 Å². The number of carbonyl (C=O) groups is 1. The van der Waals surface area contributed by atoms with E-state index in [1.54, 1.807) is 4.90 Å². The van der Waals surface area contributed by atoms with Crippen molar-refractivity contribution >= 4 is 28.6 Å². The number of amides is 1. The molecule has 0 radical (unpaired) electrons. The van der Waals surface area contributed by atoms with Gasteiger partial charge in [-0.2, -0.15) is 8.78 Å². The van der Waals surface area contributed by atoms with Crippen LogP contribution >= 0.6 is 0 Å². The minimum atomic E-state index is -2.95. The highest BCUT2D eigenvalue weighted by molar-refractivity contribution is 6.04. The average Bonchev–Trinajstić information content (AvgIpc) is 2.78. The molecule has 0 unspecified atom stereocenters. The Morgan fingerprint density at radius 2 is 1.87 bits per heavy atom. The number of anilines is 1. The third-order valence-electron chi connectivity index (χ3n) is 4.54. The topological polar surface area (TPSA) is 60.4 Å². The van der Waals surface area contributed by atoms with E-state index in [-0.39, 0.29) is 24.0 Å². The number of halogens is 2. The molecular formula is C23H22F2N2O4. The molecule has 3 aromatic carbocycles. The zero-order valence-electron chi connectivity index (χ0n) is 17.1. The standard InChI is InChI=1S/C23H22F2N2O4/c1-3-27(19-10-6-8-17-7-4-5-9-18(17)19)22(28)15-30-26-14-16-11-12-20(31-23(24)25)21(13-16)29-2/h4-14,23H,3,15H2,1-2H3/b26-14+. The Morgan fingerprint density at radius 3 is 2.61 bits per heavy atom. The van der Waals surface area contributed by atoms with E-state index >= 15 is 0 Å². The lowest BCUT2D eigenvalue weighted by Crippen LogP contribution is -2.33. The summed E-state index contributed by atoms with van der Waals surface area (Å²) in [5.41, 5.74) is 1.34. The second-order valence-corrected chi connectivity index (χ2v) is 6.43. The monoisotopic (exact) mass is 428 g/mol. The molecule has 3 rings (SSSR count). The molecule has 0 aromatic heterocycles. The number of fused-ring (bicyclic) bond motifs is 1. The van der Waals surface area contributed by atoms with Crippen molar-refractivity contribution < 1.29 is 27.9 Å². The molecule has 8 heteroatoms. The molecule has 0 atom stereocenters. The molecule has 1 amide bonds. The van der Waals surface area contributed by atoms with E-state index in [4.69, 9.17) is 9.57 Å². The van der Waals surface area contributed by atoms with Crippen LogP contribution in [0.1, 0.15) is 12.5 Å². The second-order valence-electron chi connectivity index (χ2n) is 6.43. The van der Waals surface area contributed by atoms with Crippen molar-refractivity contribution in [1.29, 1.82) is 0 Å². The lowest BCUT2D eigenvalue weighted by atomic mass is 10.1. The predicted octanol–water partition coefficient (Wildman–Crippen LogP) is 4.85. The molecule has 3 aromatic rings. The van der Waals surface area contributed by atoms with Crippen LogP contribution in [-0.2, 0) is 9.63 Å². The number of benzene rings is 3. The molecule has 0 saturated heterocycles. The van der Waals surface area contributed by atoms with Crippen LogP contribution < -0.4 is 14.4 Å². The van der Waals surface area contributed by atoms with Gasteiger partial charge in [0.15, 0.2) is 18.1 Å². The summed E-state index contributed by atoms with van der Waals surface area (Å²) in [4.78, 5) is 19.5. The molecule has 0 bridgehead atoms. The summed E-state index contributed by atoms with van der Waals surface area (Å²) in [6.45, 7) is -0.843. The van der Waals surface area contributed by atoms with Crippen molar-refractivity contribution in [3.63, 3.8) is 0 Å². The minimum absolute atomic E-state index is 0.0839. The van der Waals surface area contributed by atoms with Crippen LogP contribution in [-0.4, -0.2) is 39.0 Å². The predicted molar refractivity (Wildman–Crippen MR) is 115 cm³/mol. The van der Waals surface area contributed by atoms with E-state index < -0.39 is 6.61 Å². The fourth-order valence-electron chi connectivity index (χ4n) is 3.15. The summed E-state index contributed by atoms with van der Waals surface area (Å²) in [5, 5.41) is 5.82. The number of rotatable bonds is 9. The summed E-state index contributed by atoms with van der Waals surface area (Å²) >= 11 is 0. The quantitative estimate of drug-likeness (QED) is 0.361. The number of methoxy groups -OCH3 is 1. The van der Waals surface area contributed by atoms with E-state index in [0.29, 0.717) is 12.1 Å². The maximum absolute atomic E-state index is 12.7. The molecule has 0 aliphatic heterocycles. The van der Waals surface area contributed by atoms with Crippen LogP contribution in [0, 0.1) is 0 Å². The Bertz CT molecular complexity index is 1070. The van der Waals surface area contributed by atoms with E-state index in [9.17, 15) is 13.6 Å². The molecule has 0 N–H and O–H groups in total. The number of nitrogens with zero attached hydrogens (tertiary/aromatic N) is 2. The van der Waals surface area contributed by atoms with Crippen LogP contribution in [0.4, 0.5) is 14.5 Å². The first-order chi connectivity index (χ1) is 15.0. The Hall–Kier alpha value is -3.68. The van der Waals surface area contributed by atoms with Gasteiger partial charge in [-0.25, -0.2) is 0 Å². The first-order valence-electron chi connectivity index (χ1n) is 9.59. The number of hydrogen-bond acceptors (Lipinski definition) is 5. The Balaban J connectivity index is 1.65. The molecule has 0 heterocycles. The molecule has 6 nitrogen and oxygen atoms in total. The highest BCUT2D eigenvalue weighted by atomic mass is 19.3. The van der Waals surface area contributed by atoms with Gasteiger partial charge in [-0.1, -0.05) is 41.6 Å². The van der Waals surface area contributed by atoms with Crippen molar-refractivity contribution in [3.05, 3.63) is 66.2 Å².